The van der Waals surface area contributed by atoms with E-state index in [4.69, 9.17) is 0 Å². The van der Waals surface area contributed by atoms with Crippen LogP contribution in [0, 0.1) is 6.92 Å². The molecule has 102 valence electrons. The van der Waals surface area contributed by atoms with Gasteiger partial charge in [0.15, 0.2) is 0 Å². The first-order chi connectivity index (χ1) is 8.49. The third kappa shape index (κ3) is 2.90. The summed E-state index contributed by atoms with van der Waals surface area (Å²) in [5.41, 5.74) is 1.15. The summed E-state index contributed by atoms with van der Waals surface area (Å²) in [6, 6.07) is 1.99. The predicted molar refractivity (Wildman–Crippen MR) is 70.4 cm³/mol. The van der Waals surface area contributed by atoms with E-state index in [-0.39, 0.29) is 0 Å². The molecule has 2 N–H and O–H groups in total. The fraction of sp³-hybridized carbons (Fsp3) is 0.692. The molecule has 0 aromatic carbocycles. The molecule has 0 unspecified atom stereocenters. The van der Waals surface area contributed by atoms with Gasteiger partial charge in [-0.15, -0.1) is 0 Å². The highest BCUT2D eigenvalue weighted by Gasteiger charge is 2.34. The number of nitrogens with zero attached hydrogens (tertiary/aromatic N) is 2. The summed E-state index contributed by atoms with van der Waals surface area (Å²) in [6.07, 6.45) is 1.14. The molecule has 0 amide bonds. The van der Waals surface area contributed by atoms with E-state index in [0.29, 0.717) is 19.4 Å². The number of carboxylic acids is 1. The molecule has 18 heavy (non-hydrogen) atoms. The number of carbonyl (C=O) groups is 1. The van der Waals surface area contributed by atoms with E-state index < -0.39 is 11.5 Å². The minimum atomic E-state index is -0.837. The molecule has 1 aromatic rings. The summed E-state index contributed by atoms with van der Waals surface area (Å²) in [6.45, 7) is 9.09. The standard InChI is InChI=1S/C13H23N3O2/c1-5-13(6-2,12(17)18)14-9-11-8-10(4)15-16(11)7-3/h8,14H,5-7,9H2,1-4H3,(H,17,18). The molecule has 0 radical (unpaired) electrons. The Bertz CT molecular complexity index is 408. The molecule has 1 heterocycles. The van der Waals surface area contributed by atoms with E-state index in [1.54, 1.807) is 0 Å². The summed E-state index contributed by atoms with van der Waals surface area (Å²) in [5.74, 6) is -0.785. The molecule has 0 saturated heterocycles. The zero-order valence-corrected chi connectivity index (χ0v) is 11.7. The molecule has 0 bridgehead atoms. The van der Waals surface area contributed by atoms with Crippen LogP contribution in [0.2, 0.25) is 0 Å². The first-order valence-electron chi connectivity index (χ1n) is 6.50. The van der Waals surface area contributed by atoms with E-state index in [2.05, 4.69) is 10.4 Å². The van der Waals surface area contributed by atoms with Crippen molar-refractivity contribution in [3.63, 3.8) is 0 Å². The van der Waals surface area contributed by atoms with Crippen molar-refractivity contribution in [1.82, 2.24) is 15.1 Å². The largest absolute Gasteiger partial charge is 0.480 e. The Morgan fingerprint density at radius 3 is 2.50 bits per heavy atom. The van der Waals surface area contributed by atoms with E-state index >= 15 is 0 Å². The Hall–Kier alpha value is -1.36. The van der Waals surface area contributed by atoms with Crippen molar-refractivity contribution in [3.05, 3.63) is 17.5 Å². The normalized spacial score (nSPS) is 11.8. The second-order valence-corrected chi connectivity index (χ2v) is 4.54. The van der Waals surface area contributed by atoms with Gasteiger partial charge in [0.05, 0.1) is 11.4 Å². The fourth-order valence-electron chi connectivity index (χ4n) is 2.15. The number of carboxylic acid groups (broad SMARTS) is 1. The highest BCUT2D eigenvalue weighted by molar-refractivity contribution is 5.78. The smallest absolute Gasteiger partial charge is 0.323 e. The fourth-order valence-corrected chi connectivity index (χ4v) is 2.15. The van der Waals surface area contributed by atoms with Gasteiger partial charge in [-0.25, -0.2) is 0 Å². The van der Waals surface area contributed by atoms with Gasteiger partial charge < -0.3 is 5.11 Å². The molecule has 0 saturated carbocycles. The maximum atomic E-state index is 11.4. The Balaban J connectivity index is 2.81. The Kier molecular flexibility index (Phi) is 4.90. The molecule has 0 spiro atoms. The molecule has 5 nitrogen and oxygen atoms in total. The van der Waals surface area contributed by atoms with Gasteiger partial charge in [-0.3, -0.25) is 14.8 Å². The first-order valence-corrected chi connectivity index (χ1v) is 6.50. The molecular weight excluding hydrogens is 230 g/mol. The summed E-state index contributed by atoms with van der Waals surface area (Å²) in [4.78, 5) is 11.4. The molecule has 0 fully saturated rings. The van der Waals surface area contributed by atoms with E-state index in [1.807, 2.05) is 38.4 Å². The van der Waals surface area contributed by atoms with Crippen molar-refractivity contribution >= 4 is 5.97 Å². The van der Waals surface area contributed by atoms with Gasteiger partial charge in [-0.05, 0) is 32.8 Å². The second kappa shape index (κ2) is 6.00. The number of hydrogen-bond donors (Lipinski definition) is 2. The predicted octanol–water partition coefficient (Wildman–Crippen LogP) is 1.94. The van der Waals surface area contributed by atoms with Crippen LogP contribution >= 0.6 is 0 Å². The Labute approximate surface area is 108 Å². The topological polar surface area (TPSA) is 67.2 Å². The van der Waals surface area contributed by atoms with Crippen LogP contribution in [-0.2, 0) is 17.9 Å². The first kappa shape index (κ1) is 14.7. The number of hydrogen-bond acceptors (Lipinski definition) is 3. The Morgan fingerprint density at radius 2 is 2.06 bits per heavy atom. The molecular formula is C13H23N3O2. The van der Waals surface area contributed by atoms with Crippen LogP contribution in [0.15, 0.2) is 6.07 Å². The third-order valence-electron chi connectivity index (χ3n) is 3.51. The average Bonchev–Trinajstić information content (AvgIpc) is 2.71. The van der Waals surface area contributed by atoms with Crippen molar-refractivity contribution in [2.45, 2.75) is 59.2 Å². The van der Waals surface area contributed by atoms with E-state index in [0.717, 1.165) is 17.9 Å². The van der Waals surface area contributed by atoms with Gasteiger partial charge in [0, 0.05) is 13.1 Å². The van der Waals surface area contributed by atoms with Crippen molar-refractivity contribution in [1.29, 1.82) is 0 Å². The molecule has 0 aliphatic heterocycles. The maximum Gasteiger partial charge on any atom is 0.323 e. The van der Waals surface area contributed by atoms with Crippen LogP contribution in [0.25, 0.3) is 0 Å². The number of rotatable bonds is 7. The van der Waals surface area contributed by atoms with Gasteiger partial charge in [-0.2, -0.15) is 5.10 Å². The van der Waals surface area contributed by atoms with Crippen LogP contribution in [-0.4, -0.2) is 26.4 Å². The minimum absolute atomic E-state index is 0.530. The zero-order valence-electron chi connectivity index (χ0n) is 11.7. The lowest BCUT2D eigenvalue weighted by atomic mass is 9.93. The van der Waals surface area contributed by atoms with Crippen LogP contribution in [0.4, 0.5) is 0 Å². The lowest BCUT2D eigenvalue weighted by molar-refractivity contribution is -0.145. The highest BCUT2D eigenvalue weighted by atomic mass is 16.4. The summed E-state index contributed by atoms with van der Waals surface area (Å²) < 4.78 is 1.90. The quantitative estimate of drug-likeness (QED) is 0.779. The van der Waals surface area contributed by atoms with Gasteiger partial charge in [-0.1, -0.05) is 13.8 Å². The van der Waals surface area contributed by atoms with Crippen LogP contribution in [0.5, 0.6) is 0 Å². The van der Waals surface area contributed by atoms with E-state index in [1.165, 1.54) is 0 Å². The van der Waals surface area contributed by atoms with E-state index in [9.17, 15) is 9.90 Å². The van der Waals surface area contributed by atoms with Crippen LogP contribution in [0.1, 0.15) is 45.0 Å². The molecule has 0 atom stereocenters. The summed E-state index contributed by atoms with van der Waals surface area (Å²) >= 11 is 0. The van der Waals surface area contributed by atoms with Gasteiger partial charge in [0.2, 0.25) is 0 Å². The maximum absolute atomic E-state index is 11.4. The van der Waals surface area contributed by atoms with Gasteiger partial charge in [0.25, 0.3) is 0 Å². The van der Waals surface area contributed by atoms with Crippen molar-refractivity contribution in [3.8, 4) is 0 Å². The molecule has 0 aliphatic rings. The summed E-state index contributed by atoms with van der Waals surface area (Å²) in [7, 11) is 0. The van der Waals surface area contributed by atoms with Crippen molar-refractivity contribution < 1.29 is 9.90 Å². The molecule has 1 rings (SSSR count). The minimum Gasteiger partial charge on any atom is -0.480 e. The number of nitrogens with one attached hydrogen (secondary N) is 1. The lowest BCUT2D eigenvalue weighted by Gasteiger charge is -2.28. The average molecular weight is 253 g/mol. The zero-order chi connectivity index (χ0) is 13.8. The molecule has 1 aromatic heterocycles. The Morgan fingerprint density at radius 1 is 1.44 bits per heavy atom. The van der Waals surface area contributed by atoms with Gasteiger partial charge >= 0.3 is 5.97 Å². The monoisotopic (exact) mass is 253 g/mol. The number of aryl methyl sites for hydroxylation is 2. The second-order valence-electron chi connectivity index (χ2n) is 4.54. The van der Waals surface area contributed by atoms with Crippen LogP contribution in [0.3, 0.4) is 0 Å². The van der Waals surface area contributed by atoms with Gasteiger partial charge in [0.1, 0.15) is 5.54 Å². The molecule has 5 heteroatoms. The van der Waals surface area contributed by atoms with Crippen molar-refractivity contribution in [2.24, 2.45) is 0 Å². The van der Waals surface area contributed by atoms with Crippen molar-refractivity contribution in [2.75, 3.05) is 0 Å². The third-order valence-corrected chi connectivity index (χ3v) is 3.51. The highest BCUT2D eigenvalue weighted by Crippen LogP contribution is 2.16. The molecule has 0 aliphatic carbocycles. The number of aliphatic carboxylic acids is 1. The SMILES string of the molecule is CCn1nc(C)cc1CNC(CC)(CC)C(=O)O. The summed E-state index contributed by atoms with van der Waals surface area (Å²) in [5, 5.41) is 16.9. The number of aromatic nitrogens is 2. The van der Waals surface area contributed by atoms with Crippen LogP contribution < -0.4 is 5.32 Å². The lowest BCUT2D eigenvalue weighted by Crippen LogP contribution is -2.50.